The highest BCUT2D eigenvalue weighted by molar-refractivity contribution is 7.90. The molecule has 1 N–H and O–H groups in total. The van der Waals surface area contributed by atoms with Gasteiger partial charge < -0.3 is 9.84 Å². The lowest BCUT2D eigenvalue weighted by molar-refractivity contribution is 0.270. The van der Waals surface area contributed by atoms with Gasteiger partial charge in [0, 0.05) is 11.8 Å². The summed E-state index contributed by atoms with van der Waals surface area (Å²) in [5.41, 5.74) is 0.211. The Bertz CT molecular complexity index is 467. The average Bonchev–Trinajstić information content (AvgIpc) is 2.15. The van der Waals surface area contributed by atoms with Crippen molar-refractivity contribution >= 4 is 9.84 Å². The molecule has 0 atom stereocenters. The van der Waals surface area contributed by atoms with Crippen LogP contribution in [0.4, 0.5) is 4.39 Å². The first-order valence-electron chi connectivity index (χ1n) is 4.08. The van der Waals surface area contributed by atoms with Crippen LogP contribution in [0, 0.1) is 5.82 Å². The molecule has 0 unspecified atom stereocenters. The number of sulfone groups is 1. The van der Waals surface area contributed by atoms with Crippen LogP contribution in [0.2, 0.25) is 0 Å². The van der Waals surface area contributed by atoms with Gasteiger partial charge in [-0.3, -0.25) is 0 Å². The second kappa shape index (κ2) is 4.16. The Balaban J connectivity index is 3.50. The smallest absolute Gasteiger partial charge is 0.184 e. The molecule has 0 fully saturated rings. The molecule has 0 aliphatic heterocycles. The molecule has 1 aromatic carbocycles. The van der Waals surface area contributed by atoms with Gasteiger partial charge >= 0.3 is 0 Å². The molecule has 6 heteroatoms. The Hall–Kier alpha value is -1.14. The molecule has 0 aliphatic rings. The minimum atomic E-state index is -3.63. The lowest BCUT2D eigenvalue weighted by Gasteiger charge is -2.09. The van der Waals surface area contributed by atoms with E-state index in [0.717, 1.165) is 12.3 Å². The maximum atomic E-state index is 13.6. The number of aliphatic hydroxyl groups is 1. The summed E-state index contributed by atoms with van der Waals surface area (Å²) in [6.45, 7) is -0.413. The van der Waals surface area contributed by atoms with Gasteiger partial charge in [0.2, 0.25) is 0 Å². The monoisotopic (exact) mass is 234 g/mol. The molecule has 4 nitrogen and oxygen atoms in total. The molecule has 0 radical (unpaired) electrons. The van der Waals surface area contributed by atoms with Crippen molar-refractivity contribution in [1.82, 2.24) is 0 Å². The Morgan fingerprint density at radius 3 is 2.47 bits per heavy atom. The molecule has 0 saturated carbocycles. The van der Waals surface area contributed by atoms with Crippen LogP contribution in [0.1, 0.15) is 5.56 Å². The predicted octanol–water partition coefficient (Wildman–Crippen LogP) is 0.730. The summed E-state index contributed by atoms with van der Waals surface area (Å²) in [5.74, 6) is -1.20. The fraction of sp³-hybridized carbons (Fsp3) is 0.333. The maximum Gasteiger partial charge on any atom is 0.184 e. The van der Waals surface area contributed by atoms with Crippen LogP contribution < -0.4 is 4.74 Å². The molecule has 0 bridgehead atoms. The van der Waals surface area contributed by atoms with E-state index in [2.05, 4.69) is 0 Å². The number of benzene rings is 1. The van der Waals surface area contributed by atoms with E-state index in [0.29, 0.717) is 0 Å². The number of aliphatic hydroxyl groups excluding tert-OH is 1. The zero-order chi connectivity index (χ0) is 11.6. The van der Waals surface area contributed by atoms with Gasteiger partial charge in [-0.25, -0.2) is 12.8 Å². The minimum absolute atomic E-state index is 0.211. The molecule has 0 spiro atoms. The van der Waals surface area contributed by atoms with Gasteiger partial charge in [-0.05, 0) is 6.07 Å². The van der Waals surface area contributed by atoms with Crippen LogP contribution in [0.25, 0.3) is 0 Å². The van der Waals surface area contributed by atoms with Gasteiger partial charge in [-0.15, -0.1) is 0 Å². The van der Waals surface area contributed by atoms with Crippen molar-refractivity contribution in [2.45, 2.75) is 11.5 Å². The van der Waals surface area contributed by atoms with Crippen LogP contribution in [0.3, 0.4) is 0 Å². The number of hydrogen-bond donors (Lipinski definition) is 1. The summed E-state index contributed by atoms with van der Waals surface area (Å²) < 4.78 is 40.6. The van der Waals surface area contributed by atoms with Crippen molar-refractivity contribution in [2.75, 3.05) is 13.4 Å². The average molecular weight is 234 g/mol. The minimum Gasteiger partial charge on any atom is -0.493 e. The number of rotatable bonds is 3. The molecule has 0 saturated heterocycles. The largest absolute Gasteiger partial charge is 0.493 e. The topological polar surface area (TPSA) is 63.6 Å². The van der Waals surface area contributed by atoms with Crippen LogP contribution >= 0.6 is 0 Å². The van der Waals surface area contributed by atoms with E-state index in [1.807, 2.05) is 0 Å². The fourth-order valence-electron chi connectivity index (χ4n) is 1.21. The molecule has 0 aliphatic carbocycles. The van der Waals surface area contributed by atoms with Crippen LogP contribution in [0.5, 0.6) is 5.75 Å². The summed E-state index contributed by atoms with van der Waals surface area (Å²) in [5, 5.41) is 8.87. The molecule has 0 amide bonds. The maximum absolute atomic E-state index is 13.6. The first-order valence-corrected chi connectivity index (χ1v) is 5.97. The third-order valence-electron chi connectivity index (χ3n) is 1.92. The Morgan fingerprint density at radius 1 is 1.47 bits per heavy atom. The van der Waals surface area contributed by atoms with Crippen molar-refractivity contribution in [3.63, 3.8) is 0 Å². The summed E-state index contributed by atoms with van der Waals surface area (Å²) in [4.78, 5) is -0.434. The number of hydrogen-bond acceptors (Lipinski definition) is 4. The third-order valence-corrected chi connectivity index (χ3v) is 3.03. The van der Waals surface area contributed by atoms with Gasteiger partial charge in [-0.1, -0.05) is 6.07 Å². The number of ether oxygens (including phenoxy) is 1. The SMILES string of the molecule is COc1c(CO)ccc(S(C)(=O)=O)c1F. The molecule has 0 heterocycles. The van der Waals surface area contributed by atoms with Crippen molar-refractivity contribution < 1.29 is 22.7 Å². The molecule has 1 rings (SSSR count). The van der Waals surface area contributed by atoms with E-state index < -0.39 is 27.2 Å². The van der Waals surface area contributed by atoms with Crippen LogP contribution in [-0.2, 0) is 16.4 Å². The zero-order valence-electron chi connectivity index (χ0n) is 8.32. The third kappa shape index (κ3) is 2.27. The van der Waals surface area contributed by atoms with E-state index >= 15 is 0 Å². The van der Waals surface area contributed by atoms with Crippen LogP contribution in [0.15, 0.2) is 17.0 Å². The highest BCUT2D eigenvalue weighted by Gasteiger charge is 2.19. The fourth-order valence-corrected chi connectivity index (χ4v) is 1.94. The Morgan fingerprint density at radius 2 is 2.07 bits per heavy atom. The molecular weight excluding hydrogens is 223 g/mol. The number of methoxy groups -OCH3 is 1. The van der Waals surface area contributed by atoms with Crippen molar-refractivity contribution in [3.8, 4) is 5.75 Å². The van der Waals surface area contributed by atoms with Gasteiger partial charge in [-0.2, -0.15) is 0 Å². The van der Waals surface area contributed by atoms with E-state index in [1.54, 1.807) is 0 Å². The van der Waals surface area contributed by atoms with Gasteiger partial charge in [0.05, 0.1) is 13.7 Å². The number of halogens is 1. The lowest BCUT2D eigenvalue weighted by atomic mass is 10.2. The second-order valence-corrected chi connectivity index (χ2v) is 4.98. The summed E-state index contributed by atoms with van der Waals surface area (Å²) >= 11 is 0. The predicted molar refractivity (Wildman–Crippen MR) is 52.0 cm³/mol. The lowest BCUT2D eigenvalue weighted by Crippen LogP contribution is -2.04. The normalized spacial score (nSPS) is 11.5. The van der Waals surface area contributed by atoms with E-state index in [9.17, 15) is 12.8 Å². The molecule has 0 aromatic heterocycles. The first kappa shape index (κ1) is 11.9. The summed E-state index contributed by atoms with van der Waals surface area (Å²) in [7, 11) is -2.42. The van der Waals surface area contributed by atoms with E-state index in [-0.39, 0.29) is 11.3 Å². The van der Waals surface area contributed by atoms with E-state index in [4.69, 9.17) is 9.84 Å². The molecule has 84 valence electrons. The molecule has 1 aromatic rings. The van der Waals surface area contributed by atoms with Gasteiger partial charge in [0.15, 0.2) is 21.4 Å². The highest BCUT2D eigenvalue weighted by atomic mass is 32.2. The van der Waals surface area contributed by atoms with Crippen LogP contribution in [-0.4, -0.2) is 26.9 Å². The Labute approximate surface area is 87.2 Å². The summed E-state index contributed by atoms with van der Waals surface area (Å²) in [6, 6.07) is 2.43. The zero-order valence-corrected chi connectivity index (χ0v) is 9.14. The van der Waals surface area contributed by atoms with E-state index in [1.165, 1.54) is 13.2 Å². The Kier molecular flexibility index (Phi) is 3.31. The van der Waals surface area contributed by atoms with Crippen molar-refractivity contribution in [2.24, 2.45) is 0 Å². The standard InChI is InChI=1S/C9H11FO4S/c1-14-9-6(5-11)3-4-7(8(9)10)15(2,12)13/h3-4,11H,5H2,1-2H3. The quantitative estimate of drug-likeness (QED) is 0.837. The molecular formula is C9H11FO4S. The van der Waals surface area contributed by atoms with Gasteiger partial charge in [0.25, 0.3) is 0 Å². The van der Waals surface area contributed by atoms with Crippen molar-refractivity contribution in [3.05, 3.63) is 23.5 Å². The van der Waals surface area contributed by atoms with Crippen molar-refractivity contribution in [1.29, 1.82) is 0 Å². The molecule has 15 heavy (non-hydrogen) atoms. The second-order valence-electron chi connectivity index (χ2n) is 3.00. The highest BCUT2D eigenvalue weighted by Crippen LogP contribution is 2.28. The summed E-state index contributed by atoms with van der Waals surface area (Å²) in [6.07, 6.45) is 0.906. The van der Waals surface area contributed by atoms with Gasteiger partial charge in [0.1, 0.15) is 4.90 Å². The first-order chi connectivity index (χ1) is 6.91.